The molecule has 0 atom stereocenters. The highest BCUT2D eigenvalue weighted by Gasteiger charge is 2.30. The van der Waals surface area contributed by atoms with E-state index < -0.39 is 30.9 Å². The third-order valence-corrected chi connectivity index (χ3v) is 2.88. The number of nitrogens with one attached hydrogen (secondary N) is 1. The predicted molar refractivity (Wildman–Crippen MR) is 58.8 cm³/mol. The van der Waals surface area contributed by atoms with E-state index in [2.05, 4.69) is 0 Å². The van der Waals surface area contributed by atoms with E-state index in [1.165, 1.54) is 30.3 Å². The first-order chi connectivity index (χ1) is 8.11. The lowest BCUT2D eigenvalue weighted by atomic mass is 10.2. The molecule has 0 aliphatic rings. The zero-order valence-electron chi connectivity index (χ0n) is 8.59. The van der Waals surface area contributed by atoms with Gasteiger partial charge in [0, 0.05) is 5.56 Å². The number of hydrogen-bond donors (Lipinski definition) is 3. The van der Waals surface area contributed by atoms with E-state index in [1.807, 2.05) is 0 Å². The average molecular weight is 296 g/mol. The molecule has 1 aromatic rings. The van der Waals surface area contributed by atoms with Gasteiger partial charge in [-0.3, -0.25) is 13.9 Å². The zero-order chi connectivity index (χ0) is 14.0. The van der Waals surface area contributed by atoms with Gasteiger partial charge in [-0.25, -0.2) is 0 Å². The summed E-state index contributed by atoms with van der Waals surface area (Å²) in [4.78, 5) is 12.6. The van der Waals surface area contributed by atoms with E-state index in [0.29, 0.717) is 0 Å². The summed E-state index contributed by atoms with van der Waals surface area (Å²) in [6.07, 6.45) is 0. The van der Waals surface area contributed by atoms with Crippen LogP contribution in [-0.2, 0) is 20.6 Å². The van der Waals surface area contributed by atoms with E-state index in [9.17, 15) is 21.6 Å². The summed E-state index contributed by atoms with van der Waals surface area (Å²) in [5.74, 6) is -1.38. The summed E-state index contributed by atoms with van der Waals surface area (Å²) < 4.78 is 59.2. The van der Waals surface area contributed by atoms with Crippen molar-refractivity contribution in [2.45, 2.75) is 0 Å². The molecular formula is C7H8N2O7S2. The van der Waals surface area contributed by atoms with Gasteiger partial charge in [0.2, 0.25) is 0 Å². The molecule has 0 bridgehead atoms. The lowest BCUT2D eigenvalue weighted by molar-refractivity contribution is 0.0826. The first-order valence-corrected chi connectivity index (χ1v) is 7.07. The van der Waals surface area contributed by atoms with Crippen molar-refractivity contribution in [2.24, 2.45) is 0 Å². The van der Waals surface area contributed by atoms with E-state index in [4.69, 9.17) is 9.11 Å². The van der Waals surface area contributed by atoms with E-state index in [-0.39, 0.29) is 5.56 Å². The molecule has 0 radical (unpaired) electrons. The molecule has 0 fully saturated rings. The second-order valence-corrected chi connectivity index (χ2v) is 5.37. The number of amides is 1. The molecule has 11 heteroatoms. The maximum atomic E-state index is 11.6. The SMILES string of the molecule is O=C(c1ccccc1)N(NS(=O)(=O)O)S(=O)(=O)O. The first kappa shape index (κ1) is 14.5. The molecule has 0 aromatic heterocycles. The molecule has 0 unspecified atom stereocenters. The predicted octanol–water partition coefficient (Wildman–Crippen LogP) is -0.761. The number of carbonyl (C=O) groups is 1. The summed E-state index contributed by atoms with van der Waals surface area (Å²) >= 11 is 0. The van der Waals surface area contributed by atoms with Gasteiger partial charge in [-0.15, -0.1) is 4.41 Å². The van der Waals surface area contributed by atoms with Crippen LogP contribution in [0, 0.1) is 0 Å². The minimum absolute atomic E-state index is 0.216. The van der Waals surface area contributed by atoms with Crippen molar-refractivity contribution >= 4 is 26.5 Å². The molecular weight excluding hydrogens is 288 g/mol. The molecule has 0 spiro atoms. The van der Waals surface area contributed by atoms with Crippen LogP contribution >= 0.6 is 0 Å². The Labute approximate surface area is 103 Å². The van der Waals surface area contributed by atoms with Gasteiger partial charge in [-0.1, -0.05) is 23.0 Å². The first-order valence-electron chi connectivity index (χ1n) is 4.23. The number of hydrazine groups is 1. The van der Waals surface area contributed by atoms with Crippen LogP contribution < -0.4 is 4.83 Å². The summed E-state index contributed by atoms with van der Waals surface area (Å²) in [5.41, 5.74) is -0.216. The van der Waals surface area contributed by atoms with Gasteiger partial charge in [0.15, 0.2) is 0 Å². The van der Waals surface area contributed by atoms with Gasteiger partial charge >= 0.3 is 20.6 Å². The number of hydrogen-bond acceptors (Lipinski definition) is 5. The van der Waals surface area contributed by atoms with Gasteiger partial charge in [0.25, 0.3) is 5.91 Å². The zero-order valence-corrected chi connectivity index (χ0v) is 10.2. The Hall–Kier alpha value is -1.53. The van der Waals surface area contributed by atoms with E-state index >= 15 is 0 Å². The maximum Gasteiger partial charge on any atom is 0.377 e. The lowest BCUT2D eigenvalue weighted by Gasteiger charge is -2.17. The number of benzene rings is 1. The highest BCUT2D eigenvalue weighted by molar-refractivity contribution is 7.87. The largest absolute Gasteiger partial charge is 0.377 e. The topological polar surface area (TPSA) is 141 Å². The average Bonchev–Trinajstić information content (AvgIpc) is 2.24. The van der Waals surface area contributed by atoms with E-state index in [0.717, 1.165) is 4.83 Å². The summed E-state index contributed by atoms with van der Waals surface area (Å²) in [7, 11) is -10.3. The minimum atomic E-state index is -5.21. The van der Waals surface area contributed by atoms with Gasteiger partial charge in [0.1, 0.15) is 0 Å². The van der Waals surface area contributed by atoms with Crippen LogP contribution in [0.25, 0.3) is 0 Å². The third kappa shape index (κ3) is 4.05. The molecule has 0 aliphatic carbocycles. The molecule has 3 N–H and O–H groups in total. The molecule has 1 aromatic carbocycles. The molecule has 18 heavy (non-hydrogen) atoms. The molecule has 9 nitrogen and oxygen atoms in total. The summed E-state index contributed by atoms with van der Waals surface area (Å²) in [6.45, 7) is 0. The van der Waals surface area contributed by atoms with Crippen LogP contribution in [0.3, 0.4) is 0 Å². The molecule has 0 heterocycles. The van der Waals surface area contributed by atoms with Crippen LogP contribution in [0.5, 0.6) is 0 Å². The van der Waals surface area contributed by atoms with Crippen molar-refractivity contribution < 1.29 is 30.7 Å². The Bertz CT molecular complexity index is 638. The highest BCUT2D eigenvalue weighted by Crippen LogP contribution is 2.06. The smallest absolute Gasteiger partial charge is 0.272 e. The lowest BCUT2D eigenvalue weighted by Crippen LogP contribution is -2.49. The van der Waals surface area contributed by atoms with E-state index in [1.54, 1.807) is 0 Å². The molecule has 1 amide bonds. The second kappa shape index (κ2) is 4.99. The van der Waals surface area contributed by atoms with Crippen molar-refractivity contribution in [3.8, 4) is 0 Å². The fourth-order valence-electron chi connectivity index (χ4n) is 0.996. The Morgan fingerprint density at radius 1 is 1.06 bits per heavy atom. The fraction of sp³-hybridized carbons (Fsp3) is 0. The highest BCUT2D eigenvalue weighted by atomic mass is 32.2. The normalized spacial score (nSPS) is 12.1. The van der Waals surface area contributed by atoms with Crippen molar-refractivity contribution in [1.82, 2.24) is 9.25 Å². The molecule has 1 rings (SSSR count). The Morgan fingerprint density at radius 2 is 1.56 bits per heavy atom. The number of nitrogens with zero attached hydrogens (tertiary/aromatic N) is 1. The minimum Gasteiger partial charge on any atom is -0.272 e. The van der Waals surface area contributed by atoms with Crippen LogP contribution in [0.4, 0.5) is 0 Å². The number of rotatable bonds is 4. The molecule has 0 saturated heterocycles. The number of carbonyl (C=O) groups excluding carboxylic acids is 1. The standard InChI is InChI=1S/C7H8N2O7S2/c10-7(6-4-2-1-3-5-6)9(18(14,15)16)8-17(11,12)13/h1-5,8H,(H,11,12,13)(H,14,15,16). The fourth-order valence-corrected chi connectivity index (χ4v) is 2.26. The summed E-state index contributed by atoms with van der Waals surface area (Å²) in [6, 6.07) is 6.69. The van der Waals surface area contributed by atoms with Crippen molar-refractivity contribution in [3.63, 3.8) is 0 Å². The van der Waals surface area contributed by atoms with Crippen molar-refractivity contribution in [3.05, 3.63) is 35.9 Å². The van der Waals surface area contributed by atoms with Gasteiger partial charge in [-0.05, 0) is 12.1 Å². The van der Waals surface area contributed by atoms with Crippen molar-refractivity contribution in [1.29, 1.82) is 0 Å². The van der Waals surface area contributed by atoms with Crippen LogP contribution in [0.15, 0.2) is 30.3 Å². The Morgan fingerprint density at radius 3 is 1.94 bits per heavy atom. The van der Waals surface area contributed by atoms with Gasteiger partial charge < -0.3 is 0 Å². The van der Waals surface area contributed by atoms with Crippen LogP contribution in [-0.4, -0.2) is 36.3 Å². The monoisotopic (exact) mass is 296 g/mol. The Kier molecular flexibility index (Phi) is 4.03. The maximum absolute atomic E-state index is 11.6. The summed E-state index contributed by atoms with van der Waals surface area (Å²) in [5, 5.41) is 0. The second-order valence-electron chi connectivity index (χ2n) is 2.98. The molecule has 100 valence electrons. The van der Waals surface area contributed by atoms with Gasteiger partial charge in [-0.2, -0.15) is 16.8 Å². The quantitative estimate of drug-likeness (QED) is 0.489. The molecule has 0 aliphatic heterocycles. The molecule has 0 saturated carbocycles. The van der Waals surface area contributed by atoms with Crippen LogP contribution in [0.1, 0.15) is 10.4 Å². The Balaban J connectivity index is 3.18. The third-order valence-electron chi connectivity index (χ3n) is 1.63. The van der Waals surface area contributed by atoms with Gasteiger partial charge in [0.05, 0.1) is 0 Å². The van der Waals surface area contributed by atoms with Crippen molar-refractivity contribution in [2.75, 3.05) is 0 Å². The van der Waals surface area contributed by atoms with Crippen LogP contribution in [0.2, 0.25) is 0 Å².